The van der Waals surface area contributed by atoms with Gasteiger partial charge in [0.05, 0.1) is 10.7 Å². The molecule has 0 bridgehead atoms. The van der Waals surface area contributed by atoms with Crippen LogP contribution in [0.1, 0.15) is 0 Å². The highest BCUT2D eigenvalue weighted by molar-refractivity contribution is 7.99. The Balaban J connectivity index is 2.35. The predicted molar refractivity (Wildman–Crippen MR) is 80.7 cm³/mol. The molecule has 2 rings (SSSR count). The van der Waals surface area contributed by atoms with E-state index in [9.17, 15) is 14.9 Å². The molecule has 0 amide bonds. The molecule has 9 heteroatoms. The Kier molecular flexibility index (Phi) is 4.89. The van der Waals surface area contributed by atoms with Gasteiger partial charge in [0.1, 0.15) is 0 Å². The minimum Gasteiger partial charge on any atom is -0.481 e. The maximum atomic E-state index is 10.7. The van der Waals surface area contributed by atoms with E-state index in [1.54, 1.807) is 22.8 Å². The van der Waals surface area contributed by atoms with Crippen LogP contribution >= 0.6 is 11.8 Å². The monoisotopic (exact) mass is 320 g/mol. The first-order valence-electron chi connectivity index (χ1n) is 6.16. The molecule has 114 valence electrons. The van der Waals surface area contributed by atoms with Crippen molar-refractivity contribution in [1.29, 1.82) is 0 Å². The summed E-state index contributed by atoms with van der Waals surface area (Å²) in [6, 6.07) is 5.92. The van der Waals surface area contributed by atoms with Crippen LogP contribution in [0.15, 0.2) is 42.1 Å². The Bertz CT molecular complexity index is 711. The van der Waals surface area contributed by atoms with E-state index in [2.05, 4.69) is 16.8 Å². The molecule has 0 unspecified atom stereocenters. The maximum absolute atomic E-state index is 10.7. The Morgan fingerprint density at radius 1 is 1.41 bits per heavy atom. The van der Waals surface area contributed by atoms with Gasteiger partial charge in [-0.25, -0.2) is 0 Å². The van der Waals surface area contributed by atoms with Gasteiger partial charge in [0.15, 0.2) is 11.0 Å². The van der Waals surface area contributed by atoms with Crippen LogP contribution in [-0.2, 0) is 11.3 Å². The van der Waals surface area contributed by atoms with Crippen LogP contribution in [0.4, 0.5) is 5.69 Å². The van der Waals surface area contributed by atoms with Gasteiger partial charge >= 0.3 is 5.97 Å². The third-order valence-electron chi connectivity index (χ3n) is 2.69. The van der Waals surface area contributed by atoms with E-state index in [1.165, 1.54) is 12.1 Å². The zero-order valence-corrected chi connectivity index (χ0v) is 12.2. The van der Waals surface area contributed by atoms with Crippen LogP contribution in [0.2, 0.25) is 0 Å². The fraction of sp³-hybridized carbons (Fsp3) is 0.154. The minimum atomic E-state index is -0.949. The Morgan fingerprint density at radius 3 is 2.64 bits per heavy atom. The second kappa shape index (κ2) is 6.85. The molecule has 1 aromatic carbocycles. The molecule has 0 aliphatic rings. The van der Waals surface area contributed by atoms with Crippen molar-refractivity contribution < 1.29 is 14.8 Å². The molecule has 1 heterocycles. The summed E-state index contributed by atoms with van der Waals surface area (Å²) in [4.78, 5) is 20.8. The van der Waals surface area contributed by atoms with E-state index in [4.69, 9.17) is 5.11 Å². The van der Waals surface area contributed by atoms with E-state index < -0.39 is 10.9 Å². The zero-order valence-electron chi connectivity index (χ0n) is 11.4. The van der Waals surface area contributed by atoms with Crippen LogP contribution in [0.5, 0.6) is 0 Å². The van der Waals surface area contributed by atoms with Crippen LogP contribution in [0.25, 0.3) is 11.4 Å². The smallest absolute Gasteiger partial charge is 0.313 e. The highest BCUT2D eigenvalue weighted by Crippen LogP contribution is 2.25. The summed E-state index contributed by atoms with van der Waals surface area (Å²) in [6.45, 7) is 4.06. The number of carboxylic acid groups (broad SMARTS) is 1. The molecular formula is C13H12N4O4S. The van der Waals surface area contributed by atoms with Crippen LogP contribution in [0, 0.1) is 10.1 Å². The number of thioether (sulfide) groups is 1. The lowest BCUT2D eigenvalue weighted by Gasteiger charge is -2.06. The molecule has 0 atom stereocenters. The van der Waals surface area contributed by atoms with Crippen molar-refractivity contribution in [2.24, 2.45) is 0 Å². The number of rotatable bonds is 7. The maximum Gasteiger partial charge on any atom is 0.313 e. The minimum absolute atomic E-state index is 0.0148. The number of nitro groups is 1. The molecule has 0 saturated carbocycles. The first-order chi connectivity index (χ1) is 10.5. The van der Waals surface area contributed by atoms with Gasteiger partial charge in [0.25, 0.3) is 5.69 Å². The molecule has 1 aromatic heterocycles. The number of carboxylic acids is 1. The Hall–Kier alpha value is -2.68. The summed E-state index contributed by atoms with van der Waals surface area (Å²) in [5.74, 6) is -0.576. The van der Waals surface area contributed by atoms with Gasteiger partial charge in [-0.2, -0.15) is 0 Å². The quantitative estimate of drug-likeness (QED) is 0.360. The van der Waals surface area contributed by atoms with E-state index in [1.807, 2.05) is 0 Å². The topological polar surface area (TPSA) is 111 Å². The first-order valence-corrected chi connectivity index (χ1v) is 7.15. The third kappa shape index (κ3) is 3.50. The van der Waals surface area contributed by atoms with Crippen molar-refractivity contribution in [3.8, 4) is 11.4 Å². The van der Waals surface area contributed by atoms with Gasteiger partial charge in [-0.05, 0) is 12.1 Å². The van der Waals surface area contributed by atoms with Crippen molar-refractivity contribution in [2.75, 3.05) is 5.75 Å². The number of non-ortho nitro benzene ring substituents is 1. The molecule has 22 heavy (non-hydrogen) atoms. The summed E-state index contributed by atoms with van der Waals surface area (Å²) < 4.78 is 1.71. The number of hydrogen-bond acceptors (Lipinski definition) is 6. The van der Waals surface area contributed by atoms with Crippen molar-refractivity contribution in [1.82, 2.24) is 14.8 Å². The zero-order chi connectivity index (χ0) is 16.1. The van der Waals surface area contributed by atoms with Crippen molar-refractivity contribution in [2.45, 2.75) is 11.7 Å². The van der Waals surface area contributed by atoms with E-state index in [0.29, 0.717) is 23.1 Å². The number of hydrogen-bond donors (Lipinski definition) is 1. The molecule has 0 saturated heterocycles. The van der Waals surface area contributed by atoms with Gasteiger partial charge in [0.2, 0.25) is 0 Å². The molecule has 0 spiro atoms. The van der Waals surface area contributed by atoms with E-state index in [0.717, 1.165) is 11.8 Å². The summed E-state index contributed by atoms with van der Waals surface area (Å²) in [6.07, 6.45) is 1.64. The Labute approximate surface area is 129 Å². The standard InChI is InChI=1S/C13H12N4O4S/c1-2-7-16-12(14-15-13(16)22-8-11(18)19)9-3-5-10(6-4-9)17(20)21/h2-6H,1,7-8H2,(H,18,19). The largest absolute Gasteiger partial charge is 0.481 e. The number of nitrogens with zero attached hydrogens (tertiary/aromatic N) is 4. The van der Waals surface area contributed by atoms with Crippen molar-refractivity contribution in [3.05, 3.63) is 47.0 Å². The molecular weight excluding hydrogens is 308 g/mol. The van der Waals surface area contributed by atoms with Gasteiger partial charge in [-0.15, -0.1) is 16.8 Å². The molecule has 0 aliphatic heterocycles. The van der Waals surface area contributed by atoms with Gasteiger partial charge in [-0.3, -0.25) is 19.5 Å². The average molecular weight is 320 g/mol. The average Bonchev–Trinajstić information content (AvgIpc) is 2.88. The second-order valence-corrected chi connectivity index (χ2v) is 5.13. The summed E-state index contributed by atoms with van der Waals surface area (Å²) in [5, 5.41) is 27.9. The van der Waals surface area contributed by atoms with Gasteiger partial charge in [0, 0.05) is 24.2 Å². The fourth-order valence-corrected chi connectivity index (χ4v) is 2.43. The number of nitro benzene ring substituents is 1. The lowest BCUT2D eigenvalue weighted by Crippen LogP contribution is -2.03. The number of allylic oxidation sites excluding steroid dienone is 1. The van der Waals surface area contributed by atoms with Gasteiger partial charge in [-0.1, -0.05) is 17.8 Å². The Morgan fingerprint density at radius 2 is 2.09 bits per heavy atom. The van der Waals surface area contributed by atoms with Crippen LogP contribution in [-0.4, -0.2) is 36.5 Å². The SMILES string of the molecule is C=CCn1c(SCC(=O)O)nnc1-c1ccc([N+](=O)[O-])cc1. The molecule has 8 nitrogen and oxygen atoms in total. The molecule has 0 aliphatic carbocycles. The summed E-state index contributed by atoms with van der Waals surface area (Å²) >= 11 is 1.05. The summed E-state index contributed by atoms with van der Waals surface area (Å²) in [5.41, 5.74) is 0.640. The first kappa shape index (κ1) is 15.7. The third-order valence-corrected chi connectivity index (χ3v) is 3.64. The van der Waals surface area contributed by atoms with Crippen LogP contribution in [0.3, 0.4) is 0 Å². The van der Waals surface area contributed by atoms with Crippen molar-refractivity contribution >= 4 is 23.4 Å². The molecule has 1 N–H and O–H groups in total. The fourth-order valence-electron chi connectivity index (χ4n) is 1.76. The number of aromatic nitrogens is 3. The second-order valence-electron chi connectivity index (χ2n) is 4.19. The van der Waals surface area contributed by atoms with Crippen molar-refractivity contribution in [3.63, 3.8) is 0 Å². The highest BCUT2D eigenvalue weighted by atomic mass is 32.2. The number of benzene rings is 1. The van der Waals surface area contributed by atoms with E-state index >= 15 is 0 Å². The molecule has 0 radical (unpaired) electrons. The van der Waals surface area contributed by atoms with Gasteiger partial charge < -0.3 is 5.11 Å². The number of aliphatic carboxylic acids is 1. The normalized spacial score (nSPS) is 10.4. The summed E-state index contributed by atoms with van der Waals surface area (Å²) in [7, 11) is 0. The highest BCUT2D eigenvalue weighted by Gasteiger charge is 2.15. The molecule has 2 aromatic rings. The van der Waals surface area contributed by atoms with E-state index in [-0.39, 0.29) is 11.4 Å². The predicted octanol–water partition coefficient (Wildman–Crippen LogP) is 2.22. The lowest BCUT2D eigenvalue weighted by molar-refractivity contribution is -0.384. The molecule has 0 fully saturated rings. The lowest BCUT2D eigenvalue weighted by atomic mass is 10.2. The number of carbonyl (C=O) groups is 1. The van der Waals surface area contributed by atoms with Crippen LogP contribution < -0.4 is 0 Å².